The highest BCUT2D eigenvalue weighted by Crippen LogP contribution is 2.37. The van der Waals surface area contributed by atoms with E-state index in [0.29, 0.717) is 11.7 Å². The van der Waals surface area contributed by atoms with Gasteiger partial charge in [-0.1, -0.05) is 31.4 Å². The summed E-state index contributed by atoms with van der Waals surface area (Å²) >= 11 is 0. The quantitative estimate of drug-likeness (QED) is 0.694. The van der Waals surface area contributed by atoms with E-state index in [2.05, 4.69) is 27.6 Å². The minimum atomic E-state index is -2.50. The van der Waals surface area contributed by atoms with Crippen LogP contribution in [-0.2, 0) is 0 Å². The second-order valence-electron chi connectivity index (χ2n) is 9.85. The highest BCUT2D eigenvalue weighted by Gasteiger charge is 2.38. The number of fused-ring (bicyclic) bond motifs is 1. The molecule has 2 fully saturated rings. The lowest BCUT2D eigenvalue weighted by atomic mass is 9.82. The number of rotatable bonds is 4. The largest absolute Gasteiger partial charge is 0.401 e. The molecule has 1 aromatic rings. The minimum absolute atomic E-state index is 0.0128. The standard InChI is InChI=1S/C26H34F2N6/c1-34-25(26(27)28)21(15-32-34)23-12-16-6-5-9-18(19(16)14-31-23)24(29)20-13-30-11-10-22(20)33-17-7-3-2-4-8-17/h5-6,12,14-15,17-18,21,25-26,30H,2-4,7-11,13,29H2,1H3. The summed E-state index contributed by atoms with van der Waals surface area (Å²) in [6.07, 6.45) is 13.0. The van der Waals surface area contributed by atoms with Gasteiger partial charge in [-0.05, 0) is 36.5 Å². The van der Waals surface area contributed by atoms with E-state index in [1.807, 2.05) is 12.3 Å². The number of alkyl halides is 2. The molecule has 0 spiro atoms. The third kappa shape index (κ3) is 4.52. The Balaban J connectivity index is 1.44. The van der Waals surface area contributed by atoms with Crippen molar-refractivity contribution < 1.29 is 8.78 Å². The van der Waals surface area contributed by atoms with Gasteiger partial charge in [-0.2, -0.15) is 5.10 Å². The first-order chi connectivity index (χ1) is 16.5. The number of piperidine rings is 1. The number of nitrogens with one attached hydrogen (secondary N) is 1. The van der Waals surface area contributed by atoms with Crippen LogP contribution in [0.4, 0.5) is 8.78 Å². The Kier molecular flexibility index (Phi) is 6.77. The molecule has 5 rings (SSSR count). The summed E-state index contributed by atoms with van der Waals surface area (Å²) in [5.41, 5.74) is 12.7. The SMILES string of the molecule is CN1N=CC(c2cc3c(cn2)C(C(N)=C2CNCCC2=NC2CCCCC2)CC=C3)C1C(F)F. The lowest BCUT2D eigenvalue weighted by Crippen LogP contribution is -2.35. The normalized spacial score (nSPS) is 30.3. The van der Waals surface area contributed by atoms with E-state index in [0.717, 1.165) is 54.0 Å². The van der Waals surface area contributed by atoms with Gasteiger partial charge in [0.2, 0.25) is 0 Å². The van der Waals surface area contributed by atoms with Crippen LogP contribution in [0.5, 0.6) is 0 Å². The second kappa shape index (κ2) is 9.94. The molecule has 0 bridgehead atoms. The molecule has 182 valence electrons. The van der Waals surface area contributed by atoms with E-state index in [4.69, 9.17) is 10.7 Å². The zero-order chi connectivity index (χ0) is 23.7. The molecule has 2 aliphatic carbocycles. The number of hydrazone groups is 1. The highest BCUT2D eigenvalue weighted by atomic mass is 19.3. The van der Waals surface area contributed by atoms with E-state index < -0.39 is 18.4 Å². The zero-order valence-corrected chi connectivity index (χ0v) is 19.8. The Morgan fingerprint density at radius 3 is 2.88 bits per heavy atom. The molecule has 1 saturated heterocycles. The first kappa shape index (κ1) is 23.1. The maximum atomic E-state index is 13.6. The number of nitrogens with zero attached hydrogens (tertiary/aromatic N) is 4. The first-order valence-electron chi connectivity index (χ1n) is 12.5. The third-order valence-electron chi connectivity index (χ3n) is 7.67. The van der Waals surface area contributed by atoms with Crippen LogP contribution in [0.1, 0.15) is 73.6 Å². The number of hydrogen-bond acceptors (Lipinski definition) is 6. The van der Waals surface area contributed by atoms with Crippen molar-refractivity contribution in [1.82, 2.24) is 15.3 Å². The van der Waals surface area contributed by atoms with Crippen molar-refractivity contribution in [2.75, 3.05) is 20.1 Å². The van der Waals surface area contributed by atoms with Crippen molar-refractivity contribution in [3.63, 3.8) is 0 Å². The van der Waals surface area contributed by atoms with Crippen LogP contribution in [0.2, 0.25) is 0 Å². The molecule has 6 nitrogen and oxygen atoms in total. The molecular weight excluding hydrogens is 434 g/mol. The van der Waals surface area contributed by atoms with Gasteiger partial charge in [0.05, 0.1) is 17.7 Å². The van der Waals surface area contributed by atoms with E-state index in [1.54, 1.807) is 13.3 Å². The summed E-state index contributed by atoms with van der Waals surface area (Å²) in [5.74, 6) is -0.518. The maximum absolute atomic E-state index is 13.6. The van der Waals surface area contributed by atoms with Gasteiger partial charge in [-0.15, -0.1) is 0 Å². The van der Waals surface area contributed by atoms with Gasteiger partial charge in [0.15, 0.2) is 0 Å². The second-order valence-corrected chi connectivity index (χ2v) is 9.85. The number of halogens is 2. The lowest BCUT2D eigenvalue weighted by Gasteiger charge is -2.29. The van der Waals surface area contributed by atoms with Gasteiger partial charge >= 0.3 is 0 Å². The molecule has 3 N–H and O–H groups in total. The van der Waals surface area contributed by atoms with Crippen LogP contribution < -0.4 is 11.1 Å². The van der Waals surface area contributed by atoms with E-state index >= 15 is 0 Å². The van der Waals surface area contributed by atoms with Gasteiger partial charge < -0.3 is 11.1 Å². The molecule has 3 heterocycles. The van der Waals surface area contributed by atoms with Crippen molar-refractivity contribution in [3.8, 4) is 0 Å². The Morgan fingerprint density at radius 1 is 1.26 bits per heavy atom. The Labute approximate surface area is 200 Å². The van der Waals surface area contributed by atoms with Crippen molar-refractivity contribution in [2.24, 2.45) is 15.8 Å². The fourth-order valence-corrected chi connectivity index (χ4v) is 5.74. The van der Waals surface area contributed by atoms with Gasteiger partial charge in [-0.25, -0.2) is 8.78 Å². The number of aromatic nitrogens is 1. The number of pyridine rings is 1. The number of nitrogens with two attached hydrogens (primary N) is 1. The summed E-state index contributed by atoms with van der Waals surface area (Å²) in [4.78, 5) is 9.78. The molecule has 4 aliphatic rings. The van der Waals surface area contributed by atoms with Crippen molar-refractivity contribution in [1.29, 1.82) is 0 Å². The van der Waals surface area contributed by atoms with Gasteiger partial charge in [0.25, 0.3) is 6.43 Å². The molecule has 0 amide bonds. The highest BCUT2D eigenvalue weighted by molar-refractivity contribution is 6.02. The minimum Gasteiger partial charge on any atom is -0.401 e. The average Bonchev–Trinajstić information content (AvgIpc) is 3.25. The van der Waals surface area contributed by atoms with Crippen LogP contribution in [0.3, 0.4) is 0 Å². The van der Waals surface area contributed by atoms with E-state index in [1.165, 1.54) is 37.1 Å². The topological polar surface area (TPSA) is 78.9 Å². The summed E-state index contributed by atoms with van der Waals surface area (Å²) < 4.78 is 27.3. The molecule has 1 saturated carbocycles. The monoisotopic (exact) mass is 468 g/mol. The Bertz CT molecular complexity index is 1020. The van der Waals surface area contributed by atoms with E-state index in [-0.39, 0.29) is 5.92 Å². The van der Waals surface area contributed by atoms with Crippen LogP contribution >= 0.6 is 0 Å². The smallest absolute Gasteiger partial charge is 0.261 e. The molecule has 0 radical (unpaired) electrons. The fourth-order valence-electron chi connectivity index (χ4n) is 5.74. The predicted octanol–water partition coefficient (Wildman–Crippen LogP) is 4.21. The van der Waals surface area contributed by atoms with Gasteiger partial charge in [-0.3, -0.25) is 15.0 Å². The predicted molar refractivity (Wildman–Crippen MR) is 132 cm³/mol. The first-order valence-corrected chi connectivity index (χ1v) is 12.5. The molecule has 3 unspecified atom stereocenters. The summed E-state index contributed by atoms with van der Waals surface area (Å²) in [7, 11) is 1.58. The van der Waals surface area contributed by atoms with Crippen LogP contribution in [0, 0.1) is 0 Å². The fraction of sp³-hybridized carbons (Fsp3) is 0.577. The number of likely N-dealkylation sites (N-methyl/N-ethyl adjacent to an activating group) is 1. The van der Waals surface area contributed by atoms with Crippen LogP contribution in [0.25, 0.3) is 6.08 Å². The molecule has 0 aromatic carbocycles. The molecule has 3 atom stereocenters. The Hall–Kier alpha value is -2.61. The molecule has 34 heavy (non-hydrogen) atoms. The summed E-state index contributed by atoms with van der Waals surface area (Å²) in [5, 5.41) is 8.90. The van der Waals surface area contributed by atoms with Gasteiger partial charge in [0.1, 0.15) is 6.04 Å². The maximum Gasteiger partial charge on any atom is 0.261 e. The zero-order valence-electron chi connectivity index (χ0n) is 19.8. The van der Waals surface area contributed by atoms with Crippen LogP contribution in [-0.4, -0.2) is 60.6 Å². The summed E-state index contributed by atoms with van der Waals surface area (Å²) in [6.45, 7) is 1.66. The van der Waals surface area contributed by atoms with E-state index in [9.17, 15) is 8.78 Å². The van der Waals surface area contributed by atoms with Crippen molar-refractivity contribution in [2.45, 2.75) is 75.3 Å². The average molecular weight is 469 g/mol. The van der Waals surface area contributed by atoms with Crippen molar-refractivity contribution >= 4 is 18.0 Å². The molecule has 1 aromatic heterocycles. The third-order valence-corrected chi connectivity index (χ3v) is 7.67. The van der Waals surface area contributed by atoms with Crippen LogP contribution in [0.15, 0.2) is 39.7 Å². The number of allylic oxidation sites excluding steroid dienone is 2. The molecule has 2 aliphatic heterocycles. The summed E-state index contributed by atoms with van der Waals surface area (Å²) in [6, 6.07) is 1.35. The molecule has 8 heteroatoms. The molecular formula is C26H34F2N6. The Morgan fingerprint density at radius 2 is 2.09 bits per heavy atom. The number of aliphatic imine (C=N–C) groups is 1. The van der Waals surface area contributed by atoms with Crippen molar-refractivity contribution in [3.05, 3.63) is 46.4 Å². The number of hydrogen-bond donors (Lipinski definition) is 2. The lowest BCUT2D eigenvalue weighted by molar-refractivity contribution is 0.0441. The van der Waals surface area contributed by atoms with Gasteiger partial charge in [0, 0.05) is 61.9 Å².